The molecule has 0 spiro atoms. The van der Waals surface area contributed by atoms with Crippen LogP contribution in [0.5, 0.6) is 0 Å². The van der Waals surface area contributed by atoms with Crippen molar-refractivity contribution in [2.24, 2.45) is 0 Å². The highest BCUT2D eigenvalue weighted by Gasteiger charge is 2.35. The van der Waals surface area contributed by atoms with Crippen LogP contribution in [0.1, 0.15) is 52.7 Å². The van der Waals surface area contributed by atoms with Crippen molar-refractivity contribution in [3.63, 3.8) is 0 Å². The largest absolute Gasteiger partial charge is 0.382 e. The first-order valence-corrected chi connectivity index (χ1v) is 10.4. The van der Waals surface area contributed by atoms with Gasteiger partial charge in [-0.2, -0.15) is 0 Å². The minimum Gasteiger partial charge on any atom is -0.382 e. The second-order valence-electron chi connectivity index (χ2n) is 7.11. The van der Waals surface area contributed by atoms with Gasteiger partial charge in [-0.15, -0.1) is 11.3 Å². The fraction of sp³-hybridized carbons (Fsp3) is 0.500. The van der Waals surface area contributed by atoms with Gasteiger partial charge in [0.15, 0.2) is 0 Å². The van der Waals surface area contributed by atoms with Crippen LogP contribution in [0.25, 0.3) is 0 Å². The van der Waals surface area contributed by atoms with Crippen molar-refractivity contribution in [1.29, 1.82) is 0 Å². The van der Waals surface area contributed by atoms with E-state index in [0.29, 0.717) is 19.1 Å². The van der Waals surface area contributed by atoms with Crippen LogP contribution < -0.4 is 10.6 Å². The predicted molar refractivity (Wildman–Crippen MR) is 106 cm³/mol. The van der Waals surface area contributed by atoms with Gasteiger partial charge in [0, 0.05) is 42.4 Å². The third kappa shape index (κ3) is 3.91. The molecule has 0 radical (unpaired) electrons. The molecule has 6 heteroatoms. The van der Waals surface area contributed by atoms with Crippen molar-refractivity contribution in [3.8, 4) is 0 Å². The molecule has 2 fully saturated rings. The second kappa shape index (κ2) is 8.18. The van der Waals surface area contributed by atoms with E-state index in [1.807, 2.05) is 18.2 Å². The van der Waals surface area contributed by atoms with Gasteiger partial charge in [-0.25, -0.2) is 0 Å². The third-order valence-electron chi connectivity index (χ3n) is 5.42. The van der Waals surface area contributed by atoms with Crippen LogP contribution in [0, 0.1) is 0 Å². The standard InChI is InChI=1S/C20H26N4OS/c25-20(23-12-11-22-15-4-2-10-21-14-15)19-9-8-18(26-19)17-7-3-13-24(17)16-5-1-6-16/h2,4,8-10,14,16-17,22H,1,3,5-7,11-13H2,(H,23,25)/t17-/m1/s1. The number of nitrogens with zero attached hydrogens (tertiary/aromatic N) is 2. The molecule has 1 amide bonds. The number of hydrogen-bond acceptors (Lipinski definition) is 5. The van der Waals surface area contributed by atoms with Crippen LogP contribution >= 0.6 is 11.3 Å². The Kier molecular flexibility index (Phi) is 5.51. The van der Waals surface area contributed by atoms with E-state index in [0.717, 1.165) is 16.6 Å². The minimum absolute atomic E-state index is 0.0300. The van der Waals surface area contributed by atoms with Gasteiger partial charge in [0.25, 0.3) is 5.91 Å². The summed E-state index contributed by atoms with van der Waals surface area (Å²) in [7, 11) is 0. The Morgan fingerprint density at radius 2 is 2.12 bits per heavy atom. The van der Waals surface area contributed by atoms with E-state index >= 15 is 0 Å². The SMILES string of the molecule is O=C(NCCNc1cccnc1)c1ccc([C@H]2CCCN2C2CCC2)s1. The Labute approximate surface area is 158 Å². The van der Waals surface area contributed by atoms with Gasteiger partial charge in [0.1, 0.15) is 0 Å². The van der Waals surface area contributed by atoms with Crippen LogP contribution in [0.4, 0.5) is 5.69 Å². The zero-order chi connectivity index (χ0) is 17.8. The van der Waals surface area contributed by atoms with Gasteiger partial charge in [0.2, 0.25) is 0 Å². The average Bonchev–Trinajstić information content (AvgIpc) is 3.27. The van der Waals surface area contributed by atoms with Crippen LogP contribution in [0.15, 0.2) is 36.7 Å². The molecule has 26 heavy (non-hydrogen) atoms. The van der Waals surface area contributed by atoms with Gasteiger partial charge in [-0.1, -0.05) is 6.42 Å². The van der Waals surface area contributed by atoms with Crippen molar-refractivity contribution >= 4 is 22.9 Å². The van der Waals surface area contributed by atoms with Crippen molar-refractivity contribution < 1.29 is 4.79 Å². The molecule has 2 N–H and O–H groups in total. The van der Waals surface area contributed by atoms with Crippen molar-refractivity contribution in [3.05, 3.63) is 46.4 Å². The van der Waals surface area contributed by atoms with Crippen LogP contribution in [-0.4, -0.2) is 41.5 Å². The van der Waals surface area contributed by atoms with E-state index < -0.39 is 0 Å². The summed E-state index contributed by atoms with van der Waals surface area (Å²) in [6.45, 7) is 2.50. The Balaban J connectivity index is 1.27. The lowest BCUT2D eigenvalue weighted by Crippen LogP contribution is -2.39. The molecule has 0 unspecified atom stereocenters. The topological polar surface area (TPSA) is 57.3 Å². The van der Waals surface area contributed by atoms with Crippen LogP contribution in [0.3, 0.4) is 0 Å². The highest BCUT2D eigenvalue weighted by molar-refractivity contribution is 7.14. The van der Waals surface area contributed by atoms with Gasteiger partial charge in [-0.3, -0.25) is 14.7 Å². The molecule has 4 rings (SSSR count). The number of anilines is 1. The number of amides is 1. The smallest absolute Gasteiger partial charge is 0.261 e. The molecule has 2 aromatic heterocycles. The summed E-state index contributed by atoms with van der Waals surface area (Å²) >= 11 is 1.66. The second-order valence-corrected chi connectivity index (χ2v) is 8.22. The minimum atomic E-state index is 0.0300. The molecule has 5 nitrogen and oxygen atoms in total. The molecule has 2 aliphatic rings. The number of aromatic nitrogens is 1. The first-order valence-electron chi connectivity index (χ1n) is 9.59. The molecule has 138 valence electrons. The van der Waals surface area contributed by atoms with E-state index in [-0.39, 0.29) is 5.91 Å². The van der Waals surface area contributed by atoms with Gasteiger partial charge in [-0.05, 0) is 56.5 Å². The maximum Gasteiger partial charge on any atom is 0.261 e. The molecule has 3 heterocycles. The molecule has 1 aliphatic carbocycles. The molecule has 0 bridgehead atoms. The quantitative estimate of drug-likeness (QED) is 0.730. The van der Waals surface area contributed by atoms with E-state index in [1.165, 1.54) is 43.5 Å². The Morgan fingerprint density at radius 1 is 1.19 bits per heavy atom. The summed E-state index contributed by atoms with van der Waals surface area (Å²) in [6.07, 6.45) is 10.1. The van der Waals surface area contributed by atoms with Crippen LogP contribution in [-0.2, 0) is 0 Å². The van der Waals surface area contributed by atoms with Gasteiger partial charge < -0.3 is 10.6 Å². The monoisotopic (exact) mass is 370 g/mol. The summed E-state index contributed by atoms with van der Waals surface area (Å²) in [5, 5.41) is 6.26. The van der Waals surface area contributed by atoms with E-state index in [9.17, 15) is 4.79 Å². The number of carbonyl (C=O) groups excluding carboxylic acids is 1. The first-order chi connectivity index (χ1) is 12.8. The zero-order valence-electron chi connectivity index (χ0n) is 15.0. The Hall–Kier alpha value is -1.92. The molecule has 0 aromatic carbocycles. The maximum atomic E-state index is 12.4. The normalized spacial score (nSPS) is 20.7. The Morgan fingerprint density at radius 3 is 2.88 bits per heavy atom. The van der Waals surface area contributed by atoms with E-state index in [4.69, 9.17) is 0 Å². The fourth-order valence-corrected chi connectivity index (χ4v) is 4.92. The first kappa shape index (κ1) is 17.5. The zero-order valence-corrected chi connectivity index (χ0v) is 15.8. The highest BCUT2D eigenvalue weighted by Crippen LogP contribution is 2.41. The summed E-state index contributed by atoms with van der Waals surface area (Å²) < 4.78 is 0. The predicted octanol–water partition coefficient (Wildman–Crippen LogP) is 3.67. The van der Waals surface area contributed by atoms with E-state index in [2.05, 4.69) is 26.6 Å². The number of pyridine rings is 1. The maximum absolute atomic E-state index is 12.4. The van der Waals surface area contributed by atoms with Crippen molar-refractivity contribution in [2.45, 2.75) is 44.2 Å². The van der Waals surface area contributed by atoms with Crippen LogP contribution in [0.2, 0.25) is 0 Å². The number of likely N-dealkylation sites (tertiary alicyclic amines) is 1. The number of thiophene rings is 1. The Bertz CT molecular complexity index is 728. The molecule has 1 aliphatic heterocycles. The molecule has 1 saturated carbocycles. The molecule has 2 aromatic rings. The van der Waals surface area contributed by atoms with E-state index in [1.54, 1.807) is 23.7 Å². The molecule has 1 saturated heterocycles. The summed E-state index contributed by atoms with van der Waals surface area (Å²) in [6, 6.07) is 9.32. The average molecular weight is 371 g/mol. The van der Waals surface area contributed by atoms with Gasteiger partial charge in [0.05, 0.1) is 10.6 Å². The van der Waals surface area contributed by atoms with Crippen molar-refractivity contribution in [2.75, 3.05) is 25.0 Å². The number of rotatable bonds is 7. The summed E-state index contributed by atoms with van der Waals surface area (Å²) in [5.41, 5.74) is 0.970. The molecular weight excluding hydrogens is 344 g/mol. The third-order valence-corrected chi connectivity index (χ3v) is 6.60. The number of hydrogen-bond donors (Lipinski definition) is 2. The highest BCUT2D eigenvalue weighted by atomic mass is 32.1. The number of nitrogens with one attached hydrogen (secondary N) is 2. The summed E-state index contributed by atoms with van der Waals surface area (Å²) in [5.74, 6) is 0.0300. The molecular formula is C20H26N4OS. The number of carbonyl (C=O) groups is 1. The lowest BCUT2D eigenvalue weighted by molar-refractivity contribution is 0.0959. The van der Waals surface area contributed by atoms with Crippen molar-refractivity contribution in [1.82, 2.24) is 15.2 Å². The van der Waals surface area contributed by atoms with Gasteiger partial charge >= 0.3 is 0 Å². The fourth-order valence-electron chi connectivity index (χ4n) is 3.84. The lowest BCUT2D eigenvalue weighted by Gasteiger charge is -2.38. The lowest BCUT2D eigenvalue weighted by atomic mass is 9.91. The molecule has 1 atom stereocenters. The summed E-state index contributed by atoms with van der Waals surface area (Å²) in [4.78, 5) is 21.3.